The van der Waals surface area contributed by atoms with Crippen LogP contribution in [0.4, 0.5) is 0 Å². The molecule has 0 atom stereocenters. The first kappa shape index (κ1) is 11.4. The molecule has 90 valence electrons. The van der Waals surface area contributed by atoms with Crippen molar-refractivity contribution in [3.63, 3.8) is 0 Å². The zero-order valence-electron chi connectivity index (χ0n) is 10.2. The maximum absolute atomic E-state index is 6.02. The van der Waals surface area contributed by atoms with E-state index in [1.165, 1.54) is 22.0 Å². The van der Waals surface area contributed by atoms with Gasteiger partial charge in [-0.15, -0.1) is 0 Å². The Hall–Kier alpha value is -1.73. The van der Waals surface area contributed by atoms with Crippen LogP contribution in [0.15, 0.2) is 54.7 Å². The molecular formula is C16H14ClN. The molecule has 2 aromatic carbocycles. The summed E-state index contributed by atoms with van der Waals surface area (Å²) in [6.07, 6.45) is 2.14. The summed E-state index contributed by atoms with van der Waals surface area (Å²) in [4.78, 5) is 0. The van der Waals surface area contributed by atoms with Crippen molar-refractivity contribution < 1.29 is 0 Å². The van der Waals surface area contributed by atoms with Crippen LogP contribution in [0.25, 0.3) is 10.9 Å². The van der Waals surface area contributed by atoms with Crippen LogP contribution in [0.2, 0.25) is 5.02 Å². The number of hydrogen-bond donors (Lipinski definition) is 0. The Morgan fingerprint density at radius 2 is 1.89 bits per heavy atom. The lowest BCUT2D eigenvalue weighted by molar-refractivity contribution is 0.837. The lowest BCUT2D eigenvalue weighted by Gasteiger charge is -2.06. The number of aryl methyl sites for hydroxylation is 1. The molecule has 3 rings (SSSR count). The zero-order valence-corrected chi connectivity index (χ0v) is 11.0. The van der Waals surface area contributed by atoms with E-state index in [4.69, 9.17) is 11.6 Å². The number of fused-ring (bicyclic) bond motifs is 1. The smallest absolute Gasteiger partial charge is 0.0486 e. The molecule has 0 amide bonds. The second-order valence-corrected chi connectivity index (χ2v) is 5.02. The molecule has 0 saturated heterocycles. The number of aromatic nitrogens is 1. The molecule has 0 aliphatic carbocycles. The molecule has 0 N–H and O–H groups in total. The van der Waals surface area contributed by atoms with Crippen LogP contribution >= 0.6 is 11.6 Å². The van der Waals surface area contributed by atoms with Gasteiger partial charge in [-0.1, -0.05) is 35.9 Å². The standard InChI is InChI=1S/C16H14ClN/c1-12-4-2-7-16-15(12)8-9-18(16)11-13-5-3-6-14(17)10-13/h2-10H,11H2,1H3. The third-order valence-corrected chi connectivity index (χ3v) is 3.51. The Balaban J connectivity index is 2.03. The number of benzene rings is 2. The summed E-state index contributed by atoms with van der Waals surface area (Å²) in [6.45, 7) is 3.00. The van der Waals surface area contributed by atoms with Gasteiger partial charge in [-0.05, 0) is 42.3 Å². The molecule has 1 aromatic heterocycles. The van der Waals surface area contributed by atoms with Crippen molar-refractivity contribution in [2.75, 3.05) is 0 Å². The predicted molar refractivity (Wildman–Crippen MR) is 77.2 cm³/mol. The fraction of sp³-hybridized carbons (Fsp3) is 0.125. The third kappa shape index (κ3) is 2.02. The molecule has 0 aliphatic rings. The Morgan fingerprint density at radius 1 is 1.06 bits per heavy atom. The SMILES string of the molecule is Cc1cccc2c1ccn2Cc1cccc(Cl)c1. The van der Waals surface area contributed by atoms with E-state index in [1.54, 1.807) is 0 Å². The van der Waals surface area contributed by atoms with E-state index in [1.807, 2.05) is 18.2 Å². The largest absolute Gasteiger partial charge is 0.343 e. The van der Waals surface area contributed by atoms with E-state index >= 15 is 0 Å². The molecule has 1 heterocycles. The van der Waals surface area contributed by atoms with Gasteiger partial charge >= 0.3 is 0 Å². The molecule has 18 heavy (non-hydrogen) atoms. The van der Waals surface area contributed by atoms with Crippen LogP contribution in [0.3, 0.4) is 0 Å². The van der Waals surface area contributed by atoms with E-state index in [-0.39, 0.29) is 0 Å². The molecule has 3 aromatic rings. The molecule has 2 heteroatoms. The monoisotopic (exact) mass is 255 g/mol. The van der Waals surface area contributed by atoms with Crippen LogP contribution in [0, 0.1) is 6.92 Å². The summed E-state index contributed by atoms with van der Waals surface area (Å²) in [5.74, 6) is 0. The van der Waals surface area contributed by atoms with Crippen molar-refractivity contribution >= 4 is 22.5 Å². The Kier molecular flexibility index (Phi) is 2.85. The summed E-state index contributed by atoms with van der Waals surface area (Å²) in [7, 11) is 0. The van der Waals surface area contributed by atoms with Crippen LogP contribution in [-0.2, 0) is 6.54 Å². The summed E-state index contributed by atoms with van der Waals surface area (Å²) >= 11 is 6.02. The minimum absolute atomic E-state index is 0.792. The number of rotatable bonds is 2. The van der Waals surface area contributed by atoms with Crippen molar-refractivity contribution in [1.82, 2.24) is 4.57 Å². The van der Waals surface area contributed by atoms with E-state index in [0.717, 1.165) is 11.6 Å². The van der Waals surface area contributed by atoms with Crippen molar-refractivity contribution in [2.45, 2.75) is 13.5 Å². The molecular weight excluding hydrogens is 242 g/mol. The van der Waals surface area contributed by atoms with Gasteiger partial charge in [0.2, 0.25) is 0 Å². The summed E-state index contributed by atoms with van der Waals surface area (Å²) < 4.78 is 2.26. The molecule has 0 bridgehead atoms. The van der Waals surface area contributed by atoms with Gasteiger partial charge in [0.15, 0.2) is 0 Å². The van der Waals surface area contributed by atoms with Crippen LogP contribution in [0.1, 0.15) is 11.1 Å². The third-order valence-electron chi connectivity index (χ3n) is 3.27. The Morgan fingerprint density at radius 3 is 2.72 bits per heavy atom. The van der Waals surface area contributed by atoms with Gasteiger partial charge in [0.1, 0.15) is 0 Å². The molecule has 0 fully saturated rings. The predicted octanol–water partition coefficient (Wildman–Crippen LogP) is 4.65. The fourth-order valence-corrected chi connectivity index (χ4v) is 2.56. The summed E-state index contributed by atoms with van der Waals surface area (Å²) in [5.41, 5.74) is 3.81. The molecule has 0 radical (unpaired) electrons. The number of halogens is 1. The van der Waals surface area contributed by atoms with Crippen molar-refractivity contribution in [3.8, 4) is 0 Å². The molecule has 0 spiro atoms. The highest BCUT2D eigenvalue weighted by molar-refractivity contribution is 6.30. The average Bonchev–Trinajstić information content (AvgIpc) is 2.74. The molecule has 0 saturated carbocycles. The van der Waals surface area contributed by atoms with Gasteiger partial charge in [0.05, 0.1) is 0 Å². The summed E-state index contributed by atoms with van der Waals surface area (Å²) in [6, 6.07) is 16.6. The van der Waals surface area contributed by atoms with Gasteiger partial charge in [-0.25, -0.2) is 0 Å². The average molecular weight is 256 g/mol. The quantitative estimate of drug-likeness (QED) is 0.628. The van der Waals surface area contributed by atoms with Crippen molar-refractivity contribution in [1.29, 1.82) is 0 Å². The highest BCUT2D eigenvalue weighted by Crippen LogP contribution is 2.21. The fourth-order valence-electron chi connectivity index (χ4n) is 2.35. The normalized spacial score (nSPS) is 11.0. The lowest BCUT2D eigenvalue weighted by Crippen LogP contribution is -1.97. The van der Waals surface area contributed by atoms with E-state index in [9.17, 15) is 0 Å². The van der Waals surface area contributed by atoms with Gasteiger partial charge in [0, 0.05) is 28.7 Å². The molecule has 0 aliphatic heterocycles. The highest BCUT2D eigenvalue weighted by Gasteiger charge is 2.03. The minimum atomic E-state index is 0.792. The van der Waals surface area contributed by atoms with Gasteiger partial charge < -0.3 is 4.57 Å². The molecule has 0 unspecified atom stereocenters. The minimum Gasteiger partial charge on any atom is -0.343 e. The zero-order chi connectivity index (χ0) is 12.5. The Bertz CT molecular complexity index is 697. The van der Waals surface area contributed by atoms with Crippen molar-refractivity contribution in [3.05, 3.63) is 70.9 Å². The Labute approximate surface area is 112 Å². The van der Waals surface area contributed by atoms with E-state index in [2.05, 4.69) is 48.0 Å². The summed E-state index contributed by atoms with van der Waals surface area (Å²) in [5, 5.41) is 2.11. The first-order chi connectivity index (χ1) is 8.74. The first-order valence-corrected chi connectivity index (χ1v) is 6.41. The lowest BCUT2D eigenvalue weighted by atomic mass is 10.1. The van der Waals surface area contributed by atoms with Crippen LogP contribution < -0.4 is 0 Å². The van der Waals surface area contributed by atoms with Crippen LogP contribution in [-0.4, -0.2) is 4.57 Å². The topological polar surface area (TPSA) is 4.93 Å². The number of nitrogens with zero attached hydrogens (tertiary/aromatic N) is 1. The maximum atomic E-state index is 6.02. The van der Waals surface area contributed by atoms with Gasteiger partial charge in [-0.2, -0.15) is 0 Å². The second-order valence-electron chi connectivity index (χ2n) is 4.58. The van der Waals surface area contributed by atoms with Crippen molar-refractivity contribution in [2.24, 2.45) is 0 Å². The van der Waals surface area contributed by atoms with Crippen LogP contribution in [0.5, 0.6) is 0 Å². The van der Waals surface area contributed by atoms with E-state index in [0.29, 0.717) is 0 Å². The van der Waals surface area contributed by atoms with E-state index < -0.39 is 0 Å². The maximum Gasteiger partial charge on any atom is 0.0486 e. The second kappa shape index (κ2) is 4.51. The first-order valence-electron chi connectivity index (χ1n) is 6.03. The highest BCUT2D eigenvalue weighted by atomic mass is 35.5. The van der Waals surface area contributed by atoms with Gasteiger partial charge in [-0.3, -0.25) is 0 Å². The number of hydrogen-bond acceptors (Lipinski definition) is 0. The molecule has 1 nitrogen and oxygen atoms in total. The van der Waals surface area contributed by atoms with Gasteiger partial charge in [0.25, 0.3) is 0 Å².